The highest BCUT2D eigenvalue weighted by molar-refractivity contribution is 6.03. The van der Waals surface area contributed by atoms with Crippen LogP contribution >= 0.6 is 0 Å². The molecule has 1 amide bonds. The molecule has 1 aromatic heterocycles. The van der Waals surface area contributed by atoms with E-state index in [9.17, 15) is 4.79 Å². The monoisotopic (exact) mass is 267 g/mol. The molecule has 0 aliphatic rings. The molecule has 0 radical (unpaired) electrons. The summed E-state index contributed by atoms with van der Waals surface area (Å²) in [6.45, 7) is 6.21. The van der Waals surface area contributed by atoms with Gasteiger partial charge in [0.2, 0.25) is 0 Å². The first-order valence-electron chi connectivity index (χ1n) is 6.39. The molecule has 0 saturated heterocycles. The first-order valence-corrected chi connectivity index (χ1v) is 6.39. The van der Waals surface area contributed by atoms with Crippen LogP contribution in [0.5, 0.6) is 0 Å². The van der Waals surface area contributed by atoms with Crippen LogP contribution in [0.2, 0.25) is 0 Å². The molecule has 2 rings (SSSR count). The van der Waals surface area contributed by atoms with Gasteiger partial charge < -0.3 is 0 Å². The number of hydrogen-bond donors (Lipinski definition) is 2. The van der Waals surface area contributed by atoms with Gasteiger partial charge >= 0.3 is 5.91 Å². The minimum Gasteiger partial charge on any atom is -0.298 e. The van der Waals surface area contributed by atoms with Crippen molar-refractivity contribution in [2.45, 2.75) is 26.2 Å². The lowest BCUT2D eigenvalue weighted by Gasteiger charge is -2.14. The van der Waals surface area contributed by atoms with Crippen LogP contribution in [0.15, 0.2) is 36.4 Å². The molecule has 102 valence electrons. The molecule has 0 fully saturated rings. The number of aromatic nitrogens is 2. The summed E-state index contributed by atoms with van der Waals surface area (Å²) >= 11 is 0. The molecular weight excluding hydrogens is 250 g/mol. The number of rotatable bonds is 1. The number of benzene rings is 1. The summed E-state index contributed by atoms with van der Waals surface area (Å²) in [7, 11) is 0. The highest BCUT2D eigenvalue weighted by atomic mass is 16.1. The number of anilines is 1. The third-order valence-corrected chi connectivity index (χ3v) is 2.72. The fourth-order valence-corrected chi connectivity index (χ4v) is 1.57. The zero-order valence-corrected chi connectivity index (χ0v) is 11.8. The summed E-state index contributed by atoms with van der Waals surface area (Å²) < 4.78 is 0. The smallest absolute Gasteiger partial charge is 0.298 e. The minimum absolute atomic E-state index is 0.0360. The van der Waals surface area contributed by atoms with Gasteiger partial charge in [-0.3, -0.25) is 15.2 Å². The summed E-state index contributed by atoms with van der Waals surface area (Å²) in [5.74, 6) is 5.46. The summed E-state index contributed by atoms with van der Waals surface area (Å²) in [4.78, 5) is 11.7. The van der Waals surface area contributed by atoms with Crippen LogP contribution in [0.1, 0.15) is 32.0 Å². The number of H-pyrrole nitrogens is 1. The lowest BCUT2D eigenvalue weighted by atomic mass is 9.92. The Balaban J connectivity index is 2.02. The molecule has 4 heteroatoms. The van der Waals surface area contributed by atoms with E-state index in [0.717, 1.165) is 11.3 Å². The Kier molecular flexibility index (Phi) is 3.90. The molecule has 1 aromatic carbocycles. The first kappa shape index (κ1) is 13.9. The van der Waals surface area contributed by atoms with Gasteiger partial charge in [0, 0.05) is 28.7 Å². The number of amides is 1. The maximum atomic E-state index is 11.7. The molecular formula is C16H17N3O. The average molecular weight is 267 g/mol. The zero-order valence-electron chi connectivity index (χ0n) is 11.8. The van der Waals surface area contributed by atoms with Crippen LogP contribution < -0.4 is 5.32 Å². The summed E-state index contributed by atoms with van der Waals surface area (Å²) in [5.41, 5.74) is 1.73. The highest BCUT2D eigenvalue weighted by Gasteiger charge is 2.16. The third-order valence-electron chi connectivity index (χ3n) is 2.72. The largest absolute Gasteiger partial charge is 0.301 e. The normalized spacial score (nSPS) is 10.6. The maximum absolute atomic E-state index is 11.7. The molecule has 0 bridgehead atoms. The lowest BCUT2D eigenvalue weighted by molar-refractivity contribution is -0.111. The van der Waals surface area contributed by atoms with Crippen LogP contribution in [0.3, 0.4) is 0 Å². The van der Waals surface area contributed by atoms with Gasteiger partial charge in [0.1, 0.15) is 0 Å². The van der Waals surface area contributed by atoms with Gasteiger partial charge in [0.05, 0.1) is 0 Å². The van der Waals surface area contributed by atoms with Gasteiger partial charge in [-0.15, -0.1) is 0 Å². The number of nitrogens with one attached hydrogen (secondary N) is 2. The van der Waals surface area contributed by atoms with E-state index in [-0.39, 0.29) is 11.3 Å². The maximum Gasteiger partial charge on any atom is 0.301 e. The van der Waals surface area contributed by atoms with Crippen molar-refractivity contribution in [2.24, 2.45) is 0 Å². The van der Waals surface area contributed by atoms with Crippen molar-refractivity contribution in [3.63, 3.8) is 0 Å². The Labute approximate surface area is 118 Å². The number of carbonyl (C=O) groups is 1. The molecule has 1 heterocycles. The van der Waals surface area contributed by atoms with E-state index < -0.39 is 0 Å². The Hall–Kier alpha value is -2.54. The number of carbonyl (C=O) groups excluding carboxylic acids is 1. The summed E-state index contributed by atoms with van der Waals surface area (Å²) in [5, 5.41) is 9.61. The predicted molar refractivity (Wildman–Crippen MR) is 79.2 cm³/mol. The number of aromatic amines is 1. The topological polar surface area (TPSA) is 57.8 Å². The Morgan fingerprint density at radius 2 is 1.95 bits per heavy atom. The summed E-state index contributed by atoms with van der Waals surface area (Å²) in [6, 6.07) is 11.2. The Bertz CT molecular complexity index is 654. The average Bonchev–Trinajstić information content (AvgIpc) is 2.86. The molecule has 0 spiro atoms. The van der Waals surface area contributed by atoms with E-state index in [1.54, 1.807) is 0 Å². The molecule has 2 N–H and O–H groups in total. The van der Waals surface area contributed by atoms with Gasteiger partial charge in [-0.2, -0.15) is 5.10 Å². The van der Waals surface area contributed by atoms with E-state index in [1.807, 2.05) is 36.4 Å². The standard InChI is InChI=1S/C16H17N3O/c1-16(2,3)13-11-14(19-18-13)17-15(20)10-9-12-7-5-4-6-8-12/h4-8,11H,1-3H3,(H2,17,18,19,20). The van der Waals surface area contributed by atoms with Crippen molar-refractivity contribution in [1.82, 2.24) is 10.2 Å². The quantitative estimate of drug-likeness (QED) is 0.780. The van der Waals surface area contributed by atoms with Gasteiger partial charge in [-0.05, 0) is 12.1 Å². The van der Waals surface area contributed by atoms with Crippen LogP contribution in [-0.2, 0) is 10.2 Å². The minimum atomic E-state index is -0.374. The van der Waals surface area contributed by atoms with E-state index >= 15 is 0 Å². The molecule has 4 nitrogen and oxygen atoms in total. The number of hydrogen-bond acceptors (Lipinski definition) is 2. The zero-order chi connectivity index (χ0) is 14.6. The van der Waals surface area contributed by atoms with Crippen molar-refractivity contribution in [3.8, 4) is 11.8 Å². The van der Waals surface area contributed by atoms with Crippen molar-refractivity contribution in [1.29, 1.82) is 0 Å². The van der Waals surface area contributed by atoms with Gasteiger partial charge in [-0.1, -0.05) is 44.9 Å². The van der Waals surface area contributed by atoms with Crippen molar-refractivity contribution >= 4 is 11.7 Å². The fourth-order valence-electron chi connectivity index (χ4n) is 1.57. The first-order chi connectivity index (χ1) is 9.45. The van der Waals surface area contributed by atoms with Crippen molar-refractivity contribution in [3.05, 3.63) is 47.7 Å². The van der Waals surface area contributed by atoms with Crippen molar-refractivity contribution < 1.29 is 4.79 Å². The molecule has 0 saturated carbocycles. The van der Waals surface area contributed by atoms with E-state index in [1.165, 1.54) is 0 Å². The van der Waals surface area contributed by atoms with Gasteiger partial charge in [0.25, 0.3) is 0 Å². The second-order valence-corrected chi connectivity index (χ2v) is 5.49. The Morgan fingerprint density at radius 3 is 2.55 bits per heavy atom. The Morgan fingerprint density at radius 1 is 1.25 bits per heavy atom. The van der Waals surface area contributed by atoms with Crippen LogP contribution in [0, 0.1) is 11.8 Å². The van der Waals surface area contributed by atoms with Crippen LogP contribution in [0.4, 0.5) is 5.82 Å². The van der Waals surface area contributed by atoms with Crippen molar-refractivity contribution in [2.75, 3.05) is 5.32 Å². The fraction of sp³-hybridized carbons (Fsp3) is 0.250. The molecule has 0 atom stereocenters. The van der Waals surface area contributed by atoms with E-state index in [4.69, 9.17) is 0 Å². The van der Waals surface area contributed by atoms with E-state index in [2.05, 4.69) is 48.1 Å². The predicted octanol–water partition coefficient (Wildman–Crippen LogP) is 2.70. The van der Waals surface area contributed by atoms with Gasteiger partial charge in [-0.25, -0.2) is 0 Å². The van der Waals surface area contributed by atoms with Crippen LogP contribution in [-0.4, -0.2) is 16.1 Å². The molecule has 0 unspecified atom stereocenters. The molecule has 0 aliphatic heterocycles. The number of nitrogens with zero attached hydrogens (tertiary/aromatic N) is 1. The van der Waals surface area contributed by atoms with Gasteiger partial charge in [0.15, 0.2) is 5.82 Å². The SMILES string of the molecule is CC(C)(C)c1cc(NC(=O)C#Cc2ccccc2)n[nH]1. The summed E-state index contributed by atoms with van der Waals surface area (Å²) in [6.07, 6.45) is 0. The van der Waals surface area contributed by atoms with E-state index in [0.29, 0.717) is 5.82 Å². The highest BCUT2D eigenvalue weighted by Crippen LogP contribution is 2.21. The molecule has 20 heavy (non-hydrogen) atoms. The molecule has 2 aromatic rings. The second-order valence-electron chi connectivity index (χ2n) is 5.49. The van der Waals surface area contributed by atoms with Crippen LogP contribution in [0.25, 0.3) is 0 Å². The molecule has 0 aliphatic carbocycles. The lowest BCUT2D eigenvalue weighted by Crippen LogP contribution is -2.11. The third kappa shape index (κ3) is 3.72. The second kappa shape index (κ2) is 5.62.